The topological polar surface area (TPSA) is 63.8 Å². The molecule has 22 heavy (non-hydrogen) atoms. The van der Waals surface area contributed by atoms with E-state index in [4.69, 9.17) is 9.15 Å². The minimum Gasteiger partial charge on any atom is -0.496 e. The zero-order chi connectivity index (χ0) is 15.4. The molecular formula is C17H14N2O3. The molecule has 1 aromatic heterocycles. The fraction of sp³-hybridized carbons (Fsp3) is 0.0588. The van der Waals surface area contributed by atoms with Gasteiger partial charge in [0.2, 0.25) is 0 Å². The minimum atomic E-state index is -0.331. The molecule has 0 saturated carbocycles. The third-order valence-corrected chi connectivity index (χ3v) is 3.24. The number of ether oxygens (including phenoxy) is 1. The number of hydrogen-bond donors (Lipinski definition) is 1. The van der Waals surface area contributed by atoms with Crippen molar-refractivity contribution in [1.29, 1.82) is 0 Å². The van der Waals surface area contributed by atoms with Crippen LogP contribution in [0.2, 0.25) is 0 Å². The van der Waals surface area contributed by atoms with Crippen LogP contribution in [0, 0.1) is 0 Å². The number of hydrogen-bond acceptors (Lipinski definition) is 4. The molecule has 0 bridgehead atoms. The number of benzene rings is 2. The molecule has 2 aromatic carbocycles. The van der Waals surface area contributed by atoms with Gasteiger partial charge in [0, 0.05) is 5.56 Å². The van der Waals surface area contributed by atoms with E-state index >= 15 is 0 Å². The molecule has 0 aliphatic rings. The van der Waals surface area contributed by atoms with E-state index in [1.807, 2.05) is 30.3 Å². The van der Waals surface area contributed by atoms with Crippen LogP contribution in [0.3, 0.4) is 0 Å². The fourth-order valence-corrected chi connectivity index (χ4v) is 2.14. The molecule has 3 aromatic rings. The Morgan fingerprint density at radius 1 is 1.23 bits per heavy atom. The standard InChI is InChI=1S/C17H14N2O3/c1-21-16-9-14-5-3-2-4-13(14)8-15(16)17(20)19-18-10-12-6-7-22-11-12/h2-11H,1H3,(H,19,20). The maximum absolute atomic E-state index is 12.3. The van der Waals surface area contributed by atoms with Gasteiger partial charge in [0.25, 0.3) is 5.91 Å². The zero-order valence-corrected chi connectivity index (χ0v) is 11.9. The monoisotopic (exact) mass is 294 g/mol. The van der Waals surface area contributed by atoms with Gasteiger partial charge in [-0.05, 0) is 29.0 Å². The predicted molar refractivity (Wildman–Crippen MR) is 84.3 cm³/mol. The molecule has 1 amide bonds. The van der Waals surface area contributed by atoms with Crippen molar-refractivity contribution in [3.8, 4) is 5.75 Å². The van der Waals surface area contributed by atoms with Crippen LogP contribution in [0.4, 0.5) is 0 Å². The smallest absolute Gasteiger partial charge is 0.275 e. The lowest BCUT2D eigenvalue weighted by Gasteiger charge is -2.09. The summed E-state index contributed by atoms with van der Waals surface area (Å²) in [6.45, 7) is 0. The normalized spacial score (nSPS) is 11.0. The highest BCUT2D eigenvalue weighted by molar-refractivity contribution is 6.01. The van der Waals surface area contributed by atoms with Crippen molar-refractivity contribution in [3.05, 3.63) is 66.1 Å². The van der Waals surface area contributed by atoms with Crippen molar-refractivity contribution in [2.45, 2.75) is 0 Å². The van der Waals surface area contributed by atoms with Crippen LogP contribution in [0.5, 0.6) is 5.75 Å². The van der Waals surface area contributed by atoms with Gasteiger partial charge in [-0.2, -0.15) is 5.10 Å². The van der Waals surface area contributed by atoms with E-state index in [9.17, 15) is 4.79 Å². The van der Waals surface area contributed by atoms with Crippen LogP contribution in [0.15, 0.2) is 64.5 Å². The number of carbonyl (C=O) groups is 1. The maximum Gasteiger partial charge on any atom is 0.275 e. The summed E-state index contributed by atoms with van der Waals surface area (Å²) in [5, 5.41) is 5.88. The van der Waals surface area contributed by atoms with Crippen LogP contribution in [-0.2, 0) is 0 Å². The second-order valence-corrected chi connectivity index (χ2v) is 4.66. The summed E-state index contributed by atoms with van der Waals surface area (Å²) < 4.78 is 10.2. The third-order valence-electron chi connectivity index (χ3n) is 3.24. The van der Waals surface area contributed by atoms with E-state index in [1.165, 1.54) is 25.9 Å². The average molecular weight is 294 g/mol. The first kappa shape index (κ1) is 13.9. The summed E-state index contributed by atoms with van der Waals surface area (Å²) in [5.74, 6) is 0.178. The summed E-state index contributed by atoms with van der Waals surface area (Å²) >= 11 is 0. The molecule has 0 unspecified atom stereocenters. The van der Waals surface area contributed by atoms with Crippen molar-refractivity contribution in [2.24, 2.45) is 5.10 Å². The molecular weight excluding hydrogens is 280 g/mol. The number of amides is 1. The minimum absolute atomic E-state index is 0.331. The zero-order valence-electron chi connectivity index (χ0n) is 11.9. The Kier molecular flexibility index (Phi) is 3.87. The molecule has 0 spiro atoms. The Labute approximate surface area is 127 Å². The summed E-state index contributed by atoms with van der Waals surface area (Å²) in [5.41, 5.74) is 3.69. The molecule has 1 heterocycles. The lowest BCUT2D eigenvalue weighted by Crippen LogP contribution is -2.18. The molecule has 3 rings (SSSR count). The van der Waals surface area contributed by atoms with Gasteiger partial charge in [0.15, 0.2) is 0 Å². The van der Waals surface area contributed by atoms with Gasteiger partial charge in [0.05, 0.1) is 31.4 Å². The summed E-state index contributed by atoms with van der Waals surface area (Å²) in [7, 11) is 1.54. The summed E-state index contributed by atoms with van der Waals surface area (Å²) in [6, 6.07) is 13.1. The van der Waals surface area contributed by atoms with Gasteiger partial charge in [-0.1, -0.05) is 24.3 Å². The number of hydrazone groups is 1. The predicted octanol–water partition coefficient (Wildman–Crippen LogP) is 3.21. The highest BCUT2D eigenvalue weighted by Gasteiger charge is 2.13. The molecule has 0 aliphatic heterocycles. The van der Waals surface area contributed by atoms with Crippen LogP contribution in [-0.4, -0.2) is 19.2 Å². The molecule has 0 radical (unpaired) electrons. The largest absolute Gasteiger partial charge is 0.496 e. The van der Waals surface area contributed by atoms with Crippen molar-refractivity contribution in [3.63, 3.8) is 0 Å². The fourth-order valence-electron chi connectivity index (χ4n) is 2.14. The third kappa shape index (κ3) is 2.83. The number of carbonyl (C=O) groups excluding carboxylic acids is 1. The lowest BCUT2D eigenvalue weighted by atomic mass is 10.1. The molecule has 5 nitrogen and oxygen atoms in total. The SMILES string of the molecule is COc1cc2ccccc2cc1C(=O)NN=Cc1ccoc1. The Morgan fingerprint density at radius 3 is 2.68 bits per heavy atom. The van der Waals surface area contributed by atoms with Gasteiger partial charge < -0.3 is 9.15 Å². The highest BCUT2D eigenvalue weighted by Crippen LogP contribution is 2.25. The first-order chi connectivity index (χ1) is 10.8. The van der Waals surface area contributed by atoms with Gasteiger partial charge >= 0.3 is 0 Å². The van der Waals surface area contributed by atoms with Crippen molar-refractivity contribution >= 4 is 22.9 Å². The highest BCUT2D eigenvalue weighted by atomic mass is 16.5. The second kappa shape index (κ2) is 6.13. The van der Waals surface area contributed by atoms with E-state index in [1.54, 1.807) is 12.1 Å². The van der Waals surface area contributed by atoms with Gasteiger partial charge in [-0.25, -0.2) is 5.43 Å². The number of methoxy groups -OCH3 is 1. The van der Waals surface area contributed by atoms with E-state index < -0.39 is 0 Å². The van der Waals surface area contributed by atoms with Gasteiger partial charge in [-0.3, -0.25) is 4.79 Å². The number of rotatable bonds is 4. The van der Waals surface area contributed by atoms with Gasteiger partial charge in [0.1, 0.15) is 5.75 Å². The number of nitrogens with zero attached hydrogens (tertiary/aromatic N) is 1. The van der Waals surface area contributed by atoms with Crippen LogP contribution >= 0.6 is 0 Å². The Bertz CT molecular complexity index is 823. The number of fused-ring (bicyclic) bond motifs is 1. The lowest BCUT2D eigenvalue weighted by molar-refractivity contribution is 0.0952. The summed E-state index contributed by atoms with van der Waals surface area (Å²) in [6.07, 6.45) is 4.58. The molecule has 0 saturated heterocycles. The van der Waals surface area contributed by atoms with E-state index in [-0.39, 0.29) is 5.91 Å². The Balaban J connectivity index is 1.86. The molecule has 110 valence electrons. The van der Waals surface area contributed by atoms with E-state index in [0.29, 0.717) is 11.3 Å². The average Bonchev–Trinajstić information content (AvgIpc) is 3.06. The Morgan fingerprint density at radius 2 is 2.00 bits per heavy atom. The van der Waals surface area contributed by atoms with Crippen LogP contribution in [0.25, 0.3) is 10.8 Å². The van der Waals surface area contributed by atoms with Gasteiger partial charge in [-0.15, -0.1) is 0 Å². The quantitative estimate of drug-likeness (QED) is 0.593. The summed E-state index contributed by atoms with van der Waals surface area (Å²) in [4.78, 5) is 12.3. The van der Waals surface area contributed by atoms with E-state index in [0.717, 1.165) is 16.3 Å². The van der Waals surface area contributed by atoms with Crippen molar-refractivity contribution in [1.82, 2.24) is 5.43 Å². The molecule has 1 N–H and O–H groups in total. The second-order valence-electron chi connectivity index (χ2n) is 4.66. The molecule has 0 aliphatic carbocycles. The van der Waals surface area contributed by atoms with Crippen LogP contribution < -0.4 is 10.2 Å². The first-order valence-corrected chi connectivity index (χ1v) is 6.70. The first-order valence-electron chi connectivity index (χ1n) is 6.70. The molecule has 0 atom stereocenters. The Hall–Kier alpha value is -3.08. The van der Waals surface area contributed by atoms with Crippen molar-refractivity contribution in [2.75, 3.05) is 7.11 Å². The number of furan rings is 1. The maximum atomic E-state index is 12.3. The molecule has 5 heteroatoms. The van der Waals surface area contributed by atoms with Crippen LogP contribution in [0.1, 0.15) is 15.9 Å². The molecule has 0 fully saturated rings. The van der Waals surface area contributed by atoms with E-state index in [2.05, 4.69) is 10.5 Å². The number of nitrogens with one attached hydrogen (secondary N) is 1. The van der Waals surface area contributed by atoms with Crippen molar-refractivity contribution < 1.29 is 13.9 Å².